The van der Waals surface area contributed by atoms with E-state index in [2.05, 4.69) is 10.3 Å². The second-order valence-electron chi connectivity index (χ2n) is 5.16. The number of ether oxygens (including phenoxy) is 1. The summed E-state index contributed by atoms with van der Waals surface area (Å²) in [6, 6.07) is 15.7. The quantitative estimate of drug-likeness (QED) is 0.760. The summed E-state index contributed by atoms with van der Waals surface area (Å²) in [4.78, 5) is 15.3. The van der Waals surface area contributed by atoms with Gasteiger partial charge < -0.3 is 15.0 Å². The topological polar surface area (TPSA) is 54.1 Å². The van der Waals surface area contributed by atoms with Crippen LogP contribution in [0.3, 0.4) is 0 Å². The molecule has 2 aromatic carbocycles. The van der Waals surface area contributed by atoms with Gasteiger partial charge in [0.15, 0.2) is 0 Å². The Morgan fingerprint density at radius 3 is 2.91 bits per heavy atom. The first-order valence-corrected chi connectivity index (χ1v) is 7.21. The molecule has 0 bridgehead atoms. The van der Waals surface area contributed by atoms with Gasteiger partial charge in [-0.15, -0.1) is 0 Å². The van der Waals surface area contributed by atoms with Gasteiger partial charge in [-0.1, -0.05) is 30.3 Å². The van der Waals surface area contributed by atoms with Crippen molar-refractivity contribution in [1.29, 1.82) is 0 Å². The van der Waals surface area contributed by atoms with Crippen LogP contribution in [0.4, 0.5) is 0 Å². The molecule has 1 heterocycles. The summed E-state index contributed by atoms with van der Waals surface area (Å²) in [6.45, 7) is 0.466. The molecule has 4 heteroatoms. The second-order valence-corrected chi connectivity index (χ2v) is 5.16. The number of para-hydroxylation sites is 1. The summed E-state index contributed by atoms with van der Waals surface area (Å²) in [7, 11) is 1.63. The molecule has 0 atom stereocenters. The Morgan fingerprint density at radius 1 is 1.18 bits per heavy atom. The fraction of sp³-hybridized carbons (Fsp3) is 0.167. The predicted molar refractivity (Wildman–Crippen MR) is 86.8 cm³/mol. The van der Waals surface area contributed by atoms with Crippen LogP contribution in [0.15, 0.2) is 54.7 Å². The Labute approximate surface area is 129 Å². The van der Waals surface area contributed by atoms with E-state index in [9.17, 15) is 4.79 Å². The molecule has 0 aliphatic rings. The van der Waals surface area contributed by atoms with Gasteiger partial charge in [-0.05, 0) is 29.1 Å². The number of rotatable bonds is 5. The molecule has 3 rings (SSSR count). The van der Waals surface area contributed by atoms with Gasteiger partial charge in [0, 0.05) is 23.8 Å². The maximum atomic E-state index is 12.1. The number of hydrogen-bond donors (Lipinski definition) is 2. The number of fused-ring (bicyclic) bond motifs is 1. The van der Waals surface area contributed by atoms with Crippen LogP contribution in [0.2, 0.25) is 0 Å². The fourth-order valence-corrected chi connectivity index (χ4v) is 2.50. The molecule has 0 aliphatic heterocycles. The van der Waals surface area contributed by atoms with Gasteiger partial charge >= 0.3 is 0 Å². The van der Waals surface area contributed by atoms with Crippen molar-refractivity contribution in [3.63, 3.8) is 0 Å². The maximum Gasteiger partial charge on any atom is 0.224 e. The molecule has 0 fully saturated rings. The standard InChI is InChI=1S/C18H18N2O2/c1-22-17-5-3-2-4-15(17)12-20-18(21)11-13-6-7-14-8-9-19-16(14)10-13/h2-10,19H,11-12H2,1H3,(H,20,21). The van der Waals surface area contributed by atoms with E-state index in [1.54, 1.807) is 7.11 Å². The molecule has 0 radical (unpaired) electrons. The van der Waals surface area contributed by atoms with Crippen LogP contribution in [-0.2, 0) is 17.8 Å². The highest BCUT2D eigenvalue weighted by molar-refractivity contribution is 5.83. The van der Waals surface area contributed by atoms with Crippen LogP contribution in [0.25, 0.3) is 10.9 Å². The third-order valence-corrected chi connectivity index (χ3v) is 3.65. The van der Waals surface area contributed by atoms with E-state index >= 15 is 0 Å². The van der Waals surface area contributed by atoms with Crippen LogP contribution in [0, 0.1) is 0 Å². The Bertz CT molecular complexity index is 792. The lowest BCUT2D eigenvalue weighted by atomic mass is 10.1. The average Bonchev–Trinajstić information content (AvgIpc) is 3.01. The summed E-state index contributed by atoms with van der Waals surface area (Å²) in [6.07, 6.45) is 2.26. The largest absolute Gasteiger partial charge is 0.496 e. The van der Waals surface area contributed by atoms with Crippen molar-refractivity contribution >= 4 is 16.8 Å². The van der Waals surface area contributed by atoms with Crippen LogP contribution < -0.4 is 10.1 Å². The molecule has 22 heavy (non-hydrogen) atoms. The number of carbonyl (C=O) groups excluding carboxylic acids is 1. The summed E-state index contributed by atoms with van der Waals surface area (Å²) in [5, 5.41) is 4.09. The highest BCUT2D eigenvalue weighted by atomic mass is 16.5. The number of methoxy groups -OCH3 is 1. The van der Waals surface area contributed by atoms with Crippen LogP contribution in [0.5, 0.6) is 5.75 Å². The highest BCUT2D eigenvalue weighted by Crippen LogP contribution is 2.17. The molecule has 112 valence electrons. The summed E-state index contributed by atoms with van der Waals surface area (Å²) >= 11 is 0. The molecule has 0 saturated heterocycles. The first kappa shape index (κ1) is 14.2. The number of carbonyl (C=O) groups is 1. The Hall–Kier alpha value is -2.75. The Kier molecular flexibility index (Phi) is 4.10. The number of aromatic nitrogens is 1. The molecule has 1 amide bonds. The van der Waals surface area contributed by atoms with Crippen molar-refractivity contribution in [2.45, 2.75) is 13.0 Å². The second kappa shape index (κ2) is 6.35. The van der Waals surface area contributed by atoms with Gasteiger partial charge in [0.05, 0.1) is 13.5 Å². The number of H-pyrrole nitrogens is 1. The lowest BCUT2D eigenvalue weighted by Gasteiger charge is -2.09. The first-order chi connectivity index (χ1) is 10.8. The van der Waals surface area contributed by atoms with Crippen LogP contribution >= 0.6 is 0 Å². The van der Waals surface area contributed by atoms with Crippen molar-refractivity contribution < 1.29 is 9.53 Å². The van der Waals surface area contributed by atoms with Crippen molar-refractivity contribution in [3.8, 4) is 5.75 Å². The zero-order valence-electron chi connectivity index (χ0n) is 12.4. The molecular formula is C18H18N2O2. The Morgan fingerprint density at radius 2 is 2.05 bits per heavy atom. The number of amides is 1. The lowest BCUT2D eigenvalue weighted by molar-refractivity contribution is -0.120. The van der Waals surface area contributed by atoms with E-state index in [4.69, 9.17) is 4.74 Å². The van der Waals surface area contributed by atoms with Crippen molar-refractivity contribution in [3.05, 3.63) is 65.9 Å². The molecular weight excluding hydrogens is 276 g/mol. The number of aromatic amines is 1. The third-order valence-electron chi connectivity index (χ3n) is 3.65. The van der Waals surface area contributed by atoms with Crippen LogP contribution in [-0.4, -0.2) is 18.0 Å². The van der Waals surface area contributed by atoms with E-state index in [-0.39, 0.29) is 5.91 Å². The molecule has 0 spiro atoms. The van der Waals surface area contributed by atoms with E-state index in [0.29, 0.717) is 13.0 Å². The van der Waals surface area contributed by atoms with Gasteiger partial charge in [0.2, 0.25) is 5.91 Å². The van der Waals surface area contributed by atoms with Gasteiger partial charge in [-0.2, -0.15) is 0 Å². The SMILES string of the molecule is COc1ccccc1CNC(=O)Cc1ccc2cc[nH]c2c1. The summed E-state index contributed by atoms with van der Waals surface area (Å²) < 4.78 is 5.28. The van der Waals surface area contributed by atoms with E-state index in [0.717, 1.165) is 27.8 Å². The first-order valence-electron chi connectivity index (χ1n) is 7.21. The smallest absolute Gasteiger partial charge is 0.224 e. The van der Waals surface area contributed by atoms with Crippen LogP contribution in [0.1, 0.15) is 11.1 Å². The molecule has 3 aromatic rings. The monoisotopic (exact) mass is 294 g/mol. The fourth-order valence-electron chi connectivity index (χ4n) is 2.50. The minimum absolute atomic E-state index is 0.00295. The number of benzene rings is 2. The molecule has 0 unspecified atom stereocenters. The number of nitrogens with one attached hydrogen (secondary N) is 2. The molecule has 0 aliphatic carbocycles. The van der Waals surface area contributed by atoms with Gasteiger partial charge in [-0.3, -0.25) is 4.79 Å². The van der Waals surface area contributed by atoms with Gasteiger partial charge in [0.25, 0.3) is 0 Å². The predicted octanol–water partition coefficient (Wildman–Crippen LogP) is 3.04. The van der Waals surface area contributed by atoms with Crippen molar-refractivity contribution in [2.75, 3.05) is 7.11 Å². The third kappa shape index (κ3) is 3.11. The average molecular weight is 294 g/mol. The summed E-state index contributed by atoms with van der Waals surface area (Å²) in [5.74, 6) is 0.785. The lowest BCUT2D eigenvalue weighted by Crippen LogP contribution is -2.24. The normalized spacial score (nSPS) is 10.6. The van der Waals surface area contributed by atoms with Gasteiger partial charge in [0.1, 0.15) is 5.75 Å². The molecule has 4 nitrogen and oxygen atoms in total. The van der Waals surface area contributed by atoms with E-state index in [1.165, 1.54) is 0 Å². The summed E-state index contributed by atoms with van der Waals surface area (Å²) in [5.41, 5.74) is 3.01. The maximum absolute atomic E-state index is 12.1. The minimum Gasteiger partial charge on any atom is -0.496 e. The van der Waals surface area contributed by atoms with E-state index in [1.807, 2.05) is 54.7 Å². The zero-order chi connectivity index (χ0) is 15.4. The highest BCUT2D eigenvalue weighted by Gasteiger charge is 2.07. The zero-order valence-corrected chi connectivity index (χ0v) is 12.4. The van der Waals surface area contributed by atoms with Gasteiger partial charge in [-0.25, -0.2) is 0 Å². The minimum atomic E-state index is -0.00295. The Balaban J connectivity index is 1.62. The van der Waals surface area contributed by atoms with E-state index < -0.39 is 0 Å². The van der Waals surface area contributed by atoms with Crippen molar-refractivity contribution in [1.82, 2.24) is 10.3 Å². The van der Waals surface area contributed by atoms with Crippen molar-refractivity contribution in [2.24, 2.45) is 0 Å². The number of hydrogen-bond acceptors (Lipinski definition) is 2. The molecule has 2 N–H and O–H groups in total. The molecule has 0 saturated carbocycles. The molecule has 1 aromatic heterocycles.